The first kappa shape index (κ1) is 21.1. The minimum Gasteiger partial charge on any atom is -0.508 e. The number of ether oxygens (including phenoxy) is 1. The van der Waals surface area contributed by atoms with Crippen molar-refractivity contribution < 1.29 is 24.5 Å². The Morgan fingerprint density at radius 2 is 2.00 bits per heavy atom. The zero-order chi connectivity index (χ0) is 23.1. The Bertz CT molecular complexity index is 1270. The standard InChI is InChI=1S/C25H22N2O5S/c1-26-9-10-32-20-8-7-16(13-19(20)26)23(29)21-22(15-4-2-5-17(28)12-15)27(25(31)24(21)30)14-18-6-3-11-33-18/h2-8,11-13,22,28-29H,9-10,14H2,1H3/b23-21-. The quantitative estimate of drug-likeness (QED) is 0.347. The van der Waals surface area contributed by atoms with Gasteiger partial charge in [0.25, 0.3) is 11.7 Å². The van der Waals surface area contributed by atoms with E-state index in [1.54, 1.807) is 30.3 Å². The second-order valence-corrected chi connectivity index (χ2v) is 9.09. The highest BCUT2D eigenvalue weighted by molar-refractivity contribution is 7.09. The number of thiophene rings is 1. The van der Waals surface area contributed by atoms with Gasteiger partial charge in [-0.2, -0.15) is 0 Å². The van der Waals surface area contributed by atoms with Gasteiger partial charge in [-0.25, -0.2) is 0 Å². The Morgan fingerprint density at radius 1 is 1.15 bits per heavy atom. The van der Waals surface area contributed by atoms with Crippen molar-refractivity contribution >= 4 is 34.5 Å². The van der Waals surface area contributed by atoms with Gasteiger partial charge in [0.1, 0.15) is 23.9 Å². The van der Waals surface area contributed by atoms with Crippen molar-refractivity contribution in [3.63, 3.8) is 0 Å². The monoisotopic (exact) mass is 462 g/mol. The molecule has 1 aromatic heterocycles. The molecule has 1 atom stereocenters. The lowest BCUT2D eigenvalue weighted by atomic mass is 9.94. The minimum atomic E-state index is -0.829. The van der Waals surface area contributed by atoms with Crippen LogP contribution < -0.4 is 9.64 Å². The summed E-state index contributed by atoms with van der Waals surface area (Å²) in [4.78, 5) is 30.6. The van der Waals surface area contributed by atoms with Gasteiger partial charge in [0.15, 0.2) is 0 Å². The minimum absolute atomic E-state index is 0.00138. The van der Waals surface area contributed by atoms with Crippen LogP contribution in [0.5, 0.6) is 11.5 Å². The van der Waals surface area contributed by atoms with Crippen molar-refractivity contribution in [2.24, 2.45) is 0 Å². The Labute approximate surface area is 194 Å². The molecular formula is C25H22N2O5S. The zero-order valence-electron chi connectivity index (χ0n) is 17.9. The third-order valence-electron chi connectivity index (χ3n) is 5.96. The number of fused-ring (bicyclic) bond motifs is 1. The molecule has 0 bridgehead atoms. The SMILES string of the molecule is CN1CCOc2ccc(/C(O)=C3/C(=O)C(=O)N(Cc4cccs4)C3c3cccc(O)c3)cc21. The number of benzene rings is 2. The number of hydrogen-bond acceptors (Lipinski definition) is 7. The highest BCUT2D eigenvalue weighted by Gasteiger charge is 2.46. The maximum Gasteiger partial charge on any atom is 0.295 e. The molecule has 0 aliphatic carbocycles. The largest absolute Gasteiger partial charge is 0.508 e. The van der Waals surface area contributed by atoms with Crippen LogP contribution in [0.15, 0.2) is 65.6 Å². The summed E-state index contributed by atoms with van der Waals surface area (Å²) in [5, 5.41) is 23.3. The second kappa shape index (κ2) is 8.29. The van der Waals surface area contributed by atoms with Crippen LogP contribution in [0.25, 0.3) is 5.76 Å². The van der Waals surface area contributed by atoms with E-state index in [9.17, 15) is 19.8 Å². The van der Waals surface area contributed by atoms with Gasteiger partial charge in [-0.1, -0.05) is 18.2 Å². The highest BCUT2D eigenvalue weighted by Crippen LogP contribution is 2.42. The number of aliphatic hydroxyl groups excluding tert-OH is 1. The lowest BCUT2D eigenvalue weighted by Gasteiger charge is -2.28. The Hall–Kier alpha value is -3.78. The number of carbonyl (C=O) groups is 2. The van der Waals surface area contributed by atoms with Gasteiger partial charge in [0, 0.05) is 17.5 Å². The first-order chi connectivity index (χ1) is 15.9. The summed E-state index contributed by atoms with van der Waals surface area (Å²) < 4.78 is 5.68. The smallest absolute Gasteiger partial charge is 0.295 e. The molecule has 3 heterocycles. The fourth-order valence-corrected chi connectivity index (χ4v) is 5.01. The lowest BCUT2D eigenvalue weighted by Crippen LogP contribution is -2.29. The number of hydrogen-bond donors (Lipinski definition) is 2. The maximum atomic E-state index is 13.2. The predicted octanol–water partition coefficient (Wildman–Crippen LogP) is 3.90. The molecular weight excluding hydrogens is 440 g/mol. The summed E-state index contributed by atoms with van der Waals surface area (Å²) in [5.74, 6) is -0.974. The average molecular weight is 463 g/mol. The first-order valence-electron chi connectivity index (χ1n) is 10.5. The van der Waals surface area contributed by atoms with Gasteiger partial charge in [-0.15, -0.1) is 11.3 Å². The van der Waals surface area contributed by atoms with Crippen LogP contribution in [-0.2, 0) is 16.1 Å². The van der Waals surface area contributed by atoms with Crippen molar-refractivity contribution in [1.29, 1.82) is 0 Å². The number of nitrogens with zero attached hydrogens (tertiary/aromatic N) is 2. The van der Waals surface area contributed by atoms with E-state index in [4.69, 9.17) is 4.74 Å². The lowest BCUT2D eigenvalue weighted by molar-refractivity contribution is -0.140. The molecule has 1 saturated heterocycles. The fourth-order valence-electron chi connectivity index (χ4n) is 4.31. The molecule has 0 saturated carbocycles. The van der Waals surface area contributed by atoms with E-state index in [1.165, 1.54) is 28.4 Å². The van der Waals surface area contributed by atoms with Gasteiger partial charge in [-0.3, -0.25) is 9.59 Å². The molecule has 1 fully saturated rings. The van der Waals surface area contributed by atoms with Crippen molar-refractivity contribution in [2.45, 2.75) is 12.6 Å². The second-order valence-electron chi connectivity index (χ2n) is 8.05. The van der Waals surface area contributed by atoms with Crippen LogP contribution in [0.1, 0.15) is 22.0 Å². The molecule has 168 valence electrons. The molecule has 1 amide bonds. The molecule has 5 rings (SSSR count). The van der Waals surface area contributed by atoms with Gasteiger partial charge >= 0.3 is 0 Å². The van der Waals surface area contributed by atoms with Crippen molar-refractivity contribution in [3.05, 3.63) is 81.6 Å². The molecule has 2 aliphatic rings. The van der Waals surface area contributed by atoms with E-state index in [0.29, 0.717) is 30.0 Å². The zero-order valence-corrected chi connectivity index (χ0v) is 18.7. The van der Waals surface area contributed by atoms with Crippen LogP contribution in [-0.4, -0.2) is 47.0 Å². The third kappa shape index (κ3) is 3.72. The Kier molecular flexibility index (Phi) is 5.30. The fraction of sp³-hybridized carbons (Fsp3) is 0.200. The number of rotatable bonds is 4. The highest BCUT2D eigenvalue weighted by atomic mass is 32.1. The van der Waals surface area contributed by atoms with E-state index in [0.717, 1.165) is 10.6 Å². The average Bonchev–Trinajstić information content (AvgIpc) is 3.41. The van der Waals surface area contributed by atoms with Crippen molar-refractivity contribution in [1.82, 2.24) is 4.90 Å². The van der Waals surface area contributed by atoms with Crippen LogP contribution in [0, 0.1) is 0 Å². The van der Waals surface area contributed by atoms with Gasteiger partial charge in [0.2, 0.25) is 0 Å². The van der Waals surface area contributed by atoms with E-state index >= 15 is 0 Å². The van der Waals surface area contributed by atoms with Crippen molar-refractivity contribution in [3.8, 4) is 11.5 Å². The van der Waals surface area contributed by atoms with E-state index < -0.39 is 17.7 Å². The maximum absolute atomic E-state index is 13.2. The number of phenols is 1. The summed E-state index contributed by atoms with van der Waals surface area (Å²) in [6.07, 6.45) is 0. The topological polar surface area (TPSA) is 90.3 Å². The normalized spacial score (nSPS) is 19.5. The molecule has 0 radical (unpaired) electrons. The van der Waals surface area contributed by atoms with E-state index in [1.807, 2.05) is 29.5 Å². The number of Topliss-reactive ketones (excluding diaryl/α,β-unsaturated/α-hetero) is 1. The number of phenolic OH excluding ortho intramolecular Hbond substituents is 1. The number of anilines is 1. The summed E-state index contributed by atoms with van der Waals surface area (Å²) in [7, 11) is 1.93. The summed E-state index contributed by atoms with van der Waals surface area (Å²) in [6.45, 7) is 1.49. The molecule has 33 heavy (non-hydrogen) atoms. The Morgan fingerprint density at radius 3 is 2.76 bits per heavy atom. The number of ketones is 1. The molecule has 1 unspecified atom stereocenters. The van der Waals surface area contributed by atoms with Gasteiger partial charge in [0.05, 0.1) is 30.4 Å². The summed E-state index contributed by atoms with van der Waals surface area (Å²) >= 11 is 1.48. The number of carbonyl (C=O) groups excluding carboxylic acids is 2. The predicted molar refractivity (Wildman–Crippen MR) is 125 cm³/mol. The molecule has 2 aliphatic heterocycles. The third-order valence-corrected chi connectivity index (χ3v) is 6.82. The van der Waals surface area contributed by atoms with E-state index in [2.05, 4.69) is 0 Å². The number of aromatic hydroxyl groups is 1. The number of amides is 1. The molecule has 3 aromatic rings. The molecule has 0 spiro atoms. The van der Waals surface area contributed by atoms with Crippen LogP contribution >= 0.6 is 11.3 Å². The van der Waals surface area contributed by atoms with Crippen LogP contribution in [0.4, 0.5) is 5.69 Å². The molecule has 2 N–H and O–H groups in total. The number of likely N-dealkylation sites (N-methyl/N-ethyl adjacent to an activating group) is 1. The Balaban J connectivity index is 1.65. The van der Waals surface area contributed by atoms with Crippen molar-refractivity contribution in [2.75, 3.05) is 25.1 Å². The van der Waals surface area contributed by atoms with Gasteiger partial charge in [-0.05, 0) is 47.3 Å². The molecule has 7 nitrogen and oxygen atoms in total. The van der Waals surface area contributed by atoms with Crippen LogP contribution in [0.3, 0.4) is 0 Å². The summed E-state index contributed by atoms with van der Waals surface area (Å²) in [6, 6.07) is 14.6. The van der Waals surface area contributed by atoms with Crippen LogP contribution in [0.2, 0.25) is 0 Å². The first-order valence-corrected chi connectivity index (χ1v) is 11.4. The summed E-state index contributed by atoms with van der Waals surface area (Å²) in [5.41, 5.74) is 1.77. The number of likely N-dealkylation sites (tertiary alicyclic amines) is 1. The van der Waals surface area contributed by atoms with Gasteiger partial charge < -0.3 is 24.7 Å². The van der Waals surface area contributed by atoms with E-state index in [-0.39, 0.29) is 23.6 Å². The molecule has 8 heteroatoms. The number of aliphatic hydroxyl groups is 1. The molecule has 2 aromatic carbocycles.